The Bertz CT molecular complexity index is 478. The number of nitro groups is 1. The number of non-ortho nitro benzene ring substituents is 1. The third-order valence-electron chi connectivity index (χ3n) is 2.52. The molecule has 0 unspecified atom stereocenters. The average Bonchev–Trinajstić information content (AvgIpc) is 2.74. The molecular weight excluding hydrogens is 242 g/mol. The van der Waals surface area contributed by atoms with Crippen molar-refractivity contribution in [1.82, 2.24) is 5.32 Å². The Kier molecular flexibility index (Phi) is 3.10. The molecule has 1 saturated heterocycles. The van der Waals surface area contributed by atoms with Gasteiger partial charge in [-0.05, 0) is 18.3 Å². The molecule has 6 nitrogen and oxygen atoms in total. The molecule has 0 saturated carbocycles. The molecule has 1 aromatic rings. The largest absolute Gasteiger partial charge is 0.494 e. The molecule has 0 radical (unpaired) electrons. The van der Waals surface area contributed by atoms with Crippen LogP contribution in [0.2, 0.25) is 0 Å². The van der Waals surface area contributed by atoms with Crippen LogP contribution in [-0.4, -0.2) is 30.2 Å². The van der Waals surface area contributed by atoms with Crippen molar-refractivity contribution in [2.45, 2.75) is 0 Å². The van der Waals surface area contributed by atoms with Crippen LogP contribution < -0.4 is 15.0 Å². The van der Waals surface area contributed by atoms with Crippen LogP contribution in [0.5, 0.6) is 5.75 Å². The molecular formula is C10H11N3O3S. The van der Waals surface area contributed by atoms with Gasteiger partial charge in [0, 0.05) is 19.2 Å². The number of nitrogens with zero attached hydrogens (tertiary/aromatic N) is 2. The van der Waals surface area contributed by atoms with Crippen molar-refractivity contribution in [3.05, 3.63) is 28.3 Å². The van der Waals surface area contributed by atoms with Crippen LogP contribution in [0.1, 0.15) is 0 Å². The van der Waals surface area contributed by atoms with E-state index < -0.39 is 4.92 Å². The van der Waals surface area contributed by atoms with Crippen molar-refractivity contribution in [1.29, 1.82) is 0 Å². The van der Waals surface area contributed by atoms with Gasteiger partial charge >= 0.3 is 0 Å². The van der Waals surface area contributed by atoms with Crippen LogP contribution in [0.25, 0.3) is 0 Å². The third kappa shape index (κ3) is 2.14. The molecule has 90 valence electrons. The minimum absolute atomic E-state index is 0.00340. The molecule has 7 heteroatoms. The highest BCUT2D eigenvalue weighted by atomic mass is 32.1. The zero-order valence-corrected chi connectivity index (χ0v) is 9.99. The Morgan fingerprint density at radius 3 is 2.88 bits per heavy atom. The van der Waals surface area contributed by atoms with E-state index in [1.165, 1.54) is 19.2 Å². The van der Waals surface area contributed by atoms with Crippen LogP contribution >= 0.6 is 12.2 Å². The predicted octanol–water partition coefficient (Wildman–Crippen LogP) is 1.30. The molecule has 1 aliphatic heterocycles. The van der Waals surface area contributed by atoms with Gasteiger partial charge in [0.05, 0.1) is 23.8 Å². The van der Waals surface area contributed by atoms with Gasteiger partial charge in [0.2, 0.25) is 0 Å². The molecule has 0 atom stereocenters. The first kappa shape index (κ1) is 11.6. The van der Waals surface area contributed by atoms with E-state index in [1.807, 2.05) is 4.90 Å². The average molecular weight is 253 g/mol. The van der Waals surface area contributed by atoms with E-state index in [4.69, 9.17) is 17.0 Å². The summed E-state index contributed by atoms with van der Waals surface area (Å²) in [6.07, 6.45) is 0. The van der Waals surface area contributed by atoms with Gasteiger partial charge in [0.1, 0.15) is 5.75 Å². The van der Waals surface area contributed by atoms with Crippen LogP contribution in [0.4, 0.5) is 11.4 Å². The maximum Gasteiger partial charge on any atom is 0.273 e. The van der Waals surface area contributed by atoms with E-state index >= 15 is 0 Å². The fourth-order valence-corrected chi connectivity index (χ4v) is 2.00. The summed E-state index contributed by atoms with van der Waals surface area (Å²) in [6.45, 7) is 1.49. The lowest BCUT2D eigenvalue weighted by atomic mass is 10.2. The number of hydrogen-bond acceptors (Lipinski definition) is 4. The van der Waals surface area contributed by atoms with E-state index in [0.29, 0.717) is 10.9 Å². The predicted molar refractivity (Wildman–Crippen MR) is 67.6 cm³/mol. The molecule has 1 aliphatic rings. The quantitative estimate of drug-likeness (QED) is 0.497. The van der Waals surface area contributed by atoms with Gasteiger partial charge in [0.15, 0.2) is 5.11 Å². The van der Waals surface area contributed by atoms with E-state index in [-0.39, 0.29) is 5.69 Å². The minimum Gasteiger partial charge on any atom is -0.494 e. The first-order valence-corrected chi connectivity index (χ1v) is 5.42. The standard InChI is InChI=1S/C10H11N3O3S/c1-16-9-6-7(13(14)15)2-3-8(9)12-5-4-11-10(12)17/h2-3,6H,4-5H2,1H3,(H,11,17). The molecule has 1 heterocycles. The van der Waals surface area contributed by atoms with E-state index in [2.05, 4.69) is 5.32 Å². The van der Waals surface area contributed by atoms with E-state index in [0.717, 1.165) is 18.8 Å². The normalized spacial score (nSPS) is 14.6. The summed E-state index contributed by atoms with van der Waals surface area (Å²) in [6, 6.07) is 4.49. The van der Waals surface area contributed by atoms with Gasteiger partial charge in [-0.3, -0.25) is 10.1 Å². The van der Waals surface area contributed by atoms with E-state index in [9.17, 15) is 10.1 Å². The number of hydrogen-bond donors (Lipinski definition) is 1. The lowest BCUT2D eigenvalue weighted by molar-refractivity contribution is -0.384. The summed E-state index contributed by atoms with van der Waals surface area (Å²) in [7, 11) is 1.48. The number of thiocarbonyl (C=S) groups is 1. The zero-order chi connectivity index (χ0) is 12.4. The summed E-state index contributed by atoms with van der Waals surface area (Å²) in [5, 5.41) is 14.3. The first-order chi connectivity index (χ1) is 8.13. The highest BCUT2D eigenvalue weighted by Gasteiger charge is 2.22. The highest BCUT2D eigenvalue weighted by molar-refractivity contribution is 7.80. The second kappa shape index (κ2) is 4.54. The topological polar surface area (TPSA) is 67.6 Å². The molecule has 2 rings (SSSR count). The molecule has 1 fully saturated rings. The maximum atomic E-state index is 10.7. The monoisotopic (exact) mass is 253 g/mol. The lowest BCUT2D eigenvalue weighted by Gasteiger charge is -2.19. The summed E-state index contributed by atoms with van der Waals surface area (Å²) in [5.74, 6) is 0.449. The summed E-state index contributed by atoms with van der Waals surface area (Å²) in [4.78, 5) is 12.1. The third-order valence-corrected chi connectivity index (χ3v) is 2.89. The summed E-state index contributed by atoms with van der Waals surface area (Å²) >= 11 is 5.14. The van der Waals surface area contributed by atoms with Gasteiger partial charge in [-0.25, -0.2) is 0 Å². The second-order valence-corrected chi connectivity index (χ2v) is 3.88. The first-order valence-electron chi connectivity index (χ1n) is 5.01. The molecule has 0 aromatic heterocycles. The van der Waals surface area contributed by atoms with Gasteiger partial charge < -0.3 is 15.0 Å². The number of nitrogens with one attached hydrogen (secondary N) is 1. The molecule has 1 aromatic carbocycles. The van der Waals surface area contributed by atoms with Crippen molar-refractivity contribution in [3.63, 3.8) is 0 Å². The Morgan fingerprint density at radius 1 is 1.59 bits per heavy atom. The van der Waals surface area contributed by atoms with E-state index in [1.54, 1.807) is 6.07 Å². The molecule has 0 amide bonds. The summed E-state index contributed by atoms with van der Waals surface area (Å²) in [5.41, 5.74) is 0.747. The zero-order valence-electron chi connectivity index (χ0n) is 9.17. The van der Waals surface area contributed by atoms with Crippen LogP contribution in [0, 0.1) is 10.1 Å². The molecule has 0 spiro atoms. The highest BCUT2D eigenvalue weighted by Crippen LogP contribution is 2.32. The molecule has 0 bridgehead atoms. The van der Waals surface area contributed by atoms with Crippen LogP contribution in [0.3, 0.4) is 0 Å². The molecule has 17 heavy (non-hydrogen) atoms. The second-order valence-electron chi connectivity index (χ2n) is 3.50. The van der Waals surface area contributed by atoms with Crippen molar-refractivity contribution in [3.8, 4) is 5.75 Å². The number of anilines is 1. The molecule has 0 aliphatic carbocycles. The van der Waals surface area contributed by atoms with Gasteiger partial charge in [0.25, 0.3) is 5.69 Å². The van der Waals surface area contributed by atoms with Crippen LogP contribution in [0.15, 0.2) is 18.2 Å². The summed E-state index contributed by atoms with van der Waals surface area (Å²) < 4.78 is 5.16. The lowest BCUT2D eigenvalue weighted by Crippen LogP contribution is -2.27. The number of rotatable bonds is 3. The minimum atomic E-state index is -0.452. The fraction of sp³-hybridized carbons (Fsp3) is 0.300. The SMILES string of the molecule is COc1cc([N+](=O)[O-])ccc1N1CCNC1=S. The Morgan fingerprint density at radius 2 is 2.35 bits per heavy atom. The molecule has 1 N–H and O–H groups in total. The Balaban J connectivity index is 2.40. The van der Waals surface area contributed by atoms with Gasteiger partial charge in [-0.2, -0.15) is 0 Å². The van der Waals surface area contributed by atoms with Crippen molar-refractivity contribution >= 4 is 28.7 Å². The number of nitro benzene ring substituents is 1. The fourth-order valence-electron chi connectivity index (χ4n) is 1.70. The van der Waals surface area contributed by atoms with Crippen molar-refractivity contribution < 1.29 is 9.66 Å². The van der Waals surface area contributed by atoms with Gasteiger partial charge in [-0.1, -0.05) is 0 Å². The van der Waals surface area contributed by atoms with Gasteiger partial charge in [-0.15, -0.1) is 0 Å². The van der Waals surface area contributed by atoms with Crippen LogP contribution in [-0.2, 0) is 0 Å². The number of benzene rings is 1. The maximum absolute atomic E-state index is 10.7. The Hall–Kier alpha value is -1.89. The van der Waals surface area contributed by atoms with Crippen molar-refractivity contribution in [2.75, 3.05) is 25.1 Å². The smallest absolute Gasteiger partial charge is 0.273 e. The van der Waals surface area contributed by atoms with Crippen molar-refractivity contribution in [2.24, 2.45) is 0 Å². The number of methoxy groups -OCH3 is 1. The number of ether oxygens (including phenoxy) is 1. The Labute approximate surface area is 103 Å².